The molecule has 0 saturated heterocycles. The second kappa shape index (κ2) is 8.12. The molecule has 0 aliphatic carbocycles. The molecule has 0 spiro atoms. The summed E-state index contributed by atoms with van der Waals surface area (Å²) in [5, 5.41) is 3.17. The van der Waals surface area contributed by atoms with Crippen molar-refractivity contribution in [3.05, 3.63) is 0 Å². The van der Waals surface area contributed by atoms with Crippen molar-refractivity contribution in [2.75, 3.05) is 25.4 Å². The largest absolute Gasteiger partial charge is 0.379 e. The first kappa shape index (κ1) is 17.9. The van der Waals surface area contributed by atoms with Crippen molar-refractivity contribution in [3.63, 3.8) is 0 Å². The van der Waals surface area contributed by atoms with E-state index < -0.39 is 14.6 Å². The molecule has 0 atom stereocenters. The molecule has 0 aromatic heterocycles. The second-order valence-corrected chi connectivity index (χ2v) is 8.67. The monoisotopic (exact) mass is 279 g/mol. The van der Waals surface area contributed by atoms with Gasteiger partial charge in [0.15, 0.2) is 9.84 Å². The molecule has 0 aromatic carbocycles. The Morgan fingerprint density at radius 3 is 2.22 bits per heavy atom. The molecule has 0 aliphatic heterocycles. The van der Waals surface area contributed by atoms with E-state index in [9.17, 15) is 8.42 Å². The van der Waals surface area contributed by atoms with E-state index in [1.54, 1.807) is 20.8 Å². The van der Waals surface area contributed by atoms with Gasteiger partial charge in [-0.3, -0.25) is 0 Å². The van der Waals surface area contributed by atoms with Crippen LogP contribution in [0.15, 0.2) is 0 Å². The van der Waals surface area contributed by atoms with Gasteiger partial charge in [0.2, 0.25) is 0 Å². The summed E-state index contributed by atoms with van der Waals surface area (Å²) in [6.07, 6.45) is 2.31. The minimum absolute atomic E-state index is 0.207. The molecule has 0 unspecified atom stereocenters. The van der Waals surface area contributed by atoms with Crippen LogP contribution in [0.2, 0.25) is 0 Å². The molecule has 0 fully saturated rings. The maximum Gasteiger partial charge on any atom is 0.156 e. The minimum Gasteiger partial charge on any atom is -0.379 e. The van der Waals surface area contributed by atoms with Gasteiger partial charge in [-0.15, -0.1) is 0 Å². The number of nitrogens with one attached hydrogen (secondary N) is 1. The van der Waals surface area contributed by atoms with E-state index in [0.29, 0.717) is 6.54 Å². The normalized spacial score (nSPS) is 13.2. The Hall–Kier alpha value is -0.130. The highest BCUT2D eigenvalue weighted by molar-refractivity contribution is 7.92. The Morgan fingerprint density at radius 1 is 1.11 bits per heavy atom. The van der Waals surface area contributed by atoms with Gasteiger partial charge < -0.3 is 10.1 Å². The molecule has 110 valence electrons. The average molecular weight is 279 g/mol. The highest BCUT2D eigenvalue weighted by Gasteiger charge is 2.27. The average Bonchev–Trinajstić information content (AvgIpc) is 2.19. The summed E-state index contributed by atoms with van der Waals surface area (Å²) in [6, 6.07) is 0. The summed E-state index contributed by atoms with van der Waals surface area (Å²) < 4.78 is 28.4. The minimum atomic E-state index is -2.99. The van der Waals surface area contributed by atoms with E-state index in [0.717, 1.165) is 26.0 Å². The highest BCUT2D eigenvalue weighted by atomic mass is 32.2. The first-order chi connectivity index (χ1) is 8.17. The first-order valence-electron chi connectivity index (χ1n) is 6.71. The van der Waals surface area contributed by atoms with Gasteiger partial charge in [0.05, 0.1) is 16.6 Å². The molecule has 0 rings (SSSR count). The zero-order valence-corrected chi connectivity index (χ0v) is 13.3. The molecule has 5 heteroatoms. The molecule has 0 radical (unpaired) electrons. The third kappa shape index (κ3) is 8.06. The topological polar surface area (TPSA) is 55.4 Å². The van der Waals surface area contributed by atoms with Gasteiger partial charge in [-0.25, -0.2) is 8.42 Å². The molecule has 0 saturated carbocycles. The standard InChI is InChI=1S/C13H29NO3S/c1-12(2)17-10-7-6-8-14-9-11-18(15,16)13(3,4)5/h12,14H,6-11H2,1-5H3. The Bertz CT molecular complexity index is 305. The second-order valence-electron chi connectivity index (χ2n) is 5.81. The van der Waals surface area contributed by atoms with Crippen molar-refractivity contribution in [1.82, 2.24) is 5.32 Å². The van der Waals surface area contributed by atoms with Gasteiger partial charge in [0.25, 0.3) is 0 Å². The molecule has 0 aromatic rings. The summed E-state index contributed by atoms with van der Waals surface area (Å²) in [4.78, 5) is 0. The van der Waals surface area contributed by atoms with Gasteiger partial charge in [0, 0.05) is 13.2 Å². The molecular weight excluding hydrogens is 250 g/mol. The van der Waals surface area contributed by atoms with E-state index in [2.05, 4.69) is 5.32 Å². The van der Waals surface area contributed by atoms with E-state index in [-0.39, 0.29) is 11.9 Å². The molecule has 1 N–H and O–H groups in total. The maximum absolute atomic E-state index is 11.8. The van der Waals surface area contributed by atoms with Crippen LogP contribution < -0.4 is 5.32 Å². The summed E-state index contributed by atoms with van der Waals surface area (Å²) in [5.74, 6) is 0.207. The summed E-state index contributed by atoms with van der Waals surface area (Å²) in [5.41, 5.74) is 0. The zero-order chi connectivity index (χ0) is 14.2. The van der Waals surface area contributed by atoms with E-state index >= 15 is 0 Å². The summed E-state index contributed by atoms with van der Waals surface area (Å²) in [7, 11) is -2.99. The summed E-state index contributed by atoms with van der Waals surface area (Å²) in [6.45, 7) is 11.4. The SMILES string of the molecule is CC(C)OCCCCNCCS(=O)(=O)C(C)(C)C. The lowest BCUT2D eigenvalue weighted by Gasteiger charge is -2.19. The van der Waals surface area contributed by atoms with Gasteiger partial charge in [-0.05, 0) is 54.0 Å². The van der Waals surface area contributed by atoms with Crippen LogP contribution in [-0.2, 0) is 14.6 Å². The lowest BCUT2D eigenvalue weighted by atomic mass is 10.3. The third-order valence-corrected chi connectivity index (χ3v) is 5.29. The van der Waals surface area contributed by atoms with Crippen molar-refractivity contribution in [2.45, 2.75) is 58.3 Å². The van der Waals surface area contributed by atoms with Crippen LogP contribution in [0.1, 0.15) is 47.5 Å². The Labute approximate surface area is 112 Å². The predicted molar refractivity (Wildman–Crippen MR) is 76.7 cm³/mol. The van der Waals surface area contributed by atoms with Crippen LogP contribution >= 0.6 is 0 Å². The Morgan fingerprint density at radius 2 is 1.72 bits per heavy atom. The van der Waals surface area contributed by atoms with Crippen molar-refractivity contribution < 1.29 is 13.2 Å². The van der Waals surface area contributed by atoms with Crippen LogP contribution in [0.4, 0.5) is 0 Å². The van der Waals surface area contributed by atoms with Crippen LogP contribution in [-0.4, -0.2) is 44.7 Å². The number of ether oxygens (including phenoxy) is 1. The van der Waals surface area contributed by atoms with E-state index in [1.165, 1.54) is 0 Å². The predicted octanol–water partition coefficient (Wildman–Crippen LogP) is 1.99. The lowest BCUT2D eigenvalue weighted by molar-refractivity contribution is 0.0761. The smallest absolute Gasteiger partial charge is 0.156 e. The fourth-order valence-electron chi connectivity index (χ4n) is 1.31. The molecular formula is C13H29NO3S. The molecule has 4 nitrogen and oxygen atoms in total. The fourth-order valence-corrected chi connectivity index (χ4v) is 2.33. The lowest BCUT2D eigenvalue weighted by Crippen LogP contribution is -2.34. The molecule has 18 heavy (non-hydrogen) atoms. The summed E-state index contributed by atoms with van der Waals surface area (Å²) >= 11 is 0. The molecule has 0 amide bonds. The highest BCUT2D eigenvalue weighted by Crippen LogP contribution is 2.15. The van der Waals surface area contributed by atoms with E-state index in [4.69, 9.17) is 4.74 Å². The van der Waals surface area contributed by atoms with Crippen LogP contribution in [0.5, 0.6) is 0 Å². The number of sulfone groups is 1. The van der Waals surface area contributed by atoms with E-state index in [1.807, 2.05) is 13.8 Å². The van der Waals surface area contributed by atoms with Gasteiger partial charge >= 0.3 is 0 Å². The Kier molecular flexibility index (Phi) is 8.06. The van der Waals surface area contributed by atoms with Crippen LogP contribution in [0.3, 0.4) is 0 Å². The quantitative estimate of drug-likeness (QED) is 0.656. The maximum atomic E-state index is 11.8. The third-order valence-electron chi connectivity index (χ3n) is 2.68. The molecule has 0 aliphatic rings. The van der Waals surface area contributed by atoms with Crippen molar-refractivity contribution in [3.8, 4) is 0 Å². The van der Waals surface area contributed by atoms with Crippen LogP contribution in [0, 0.1) is 0 Å². The number of rotatable bonds is 9. The van der Waals surface area contributed by atoms with Gasteiger partial charge in [0.1, 0.15) is 0 Å². The van der Waals surface area contributed by atoms with Crippen molar-refractivity contribution in [1.29, 1.82) is 0 Å². The first-order valence-corrected chi connectivity index (χ1v) is 8.36. The zero-order valence-electron chi connectivity index (χ0n) is 12.5. The van der Waals surface area contributed by atoms with Crippen LogP contribution in [0.25, 0.3) is 0 Å². The van der Waals surface area contributed by atoms with Crippen molar-refractivity contribution in [2.24, 2.45) is 0 Å². The van der Waals surface area contributed by atoms with Gasteiger partial charge in [-0.1, -0.05) is 0 Å². The van der Waals surface area contributed by atoms with Gasteiger partial charge in [-0.2, -0.15) is 0 Å². The fraction of sp³-hybridized carbons (Fsp3) is 1.00. The number of hydrogen-bond acceptors (Lipinski definition) is 4. The number of unbranched alkanes of at least 4 members (excludes halogenated alkanes) is 1. The molecule has 0 heterocycles. The molecule has 0 bridgehead atoms. The van der Waals surface area contributed by atoms with Crippen molar-refractivity contribution >= 4 is 9.84 Å². The Balaban J connectivity index is 3.53. The number of hydrogen-bond donors (Lipinski definition) is 1.